The highest BCUT2D eigenvalue weighted by Gasteiger charge is 2.60. The number of aliphatic carboxylic acids is 1. The fourth-order valence-corrected chi connectivity index (χ4v) is 6.78. The van der Waals surface area contributed by atoms with Crippen LogP contribution in [0.1, 0.15) is 49.7 Å². The van der Waals surface area contributed by atoms with E-state index in [-0.39, 0.29) is 23.4 Å². The quantitative estimate of drug-likeness (QED) is 0.437. The fourth-order valence-electron chi connectivity index (χ4n) is 6.78. The van der Waals surface area contributed by atoms with E-state index in [0.717, 1.165) is 24.8 Å². The van der Waals surface area contributed by atoms with Gasteiger partial charge in [-0.25, -0.2) is 4.79 Å². The van der Waals surface area contributed by atoms with E-state index in [1.54, 1.807) is 6.07 Å². The van der Waals surface area contributed by atoms with Gasteiger partial charge in [0.1, 0.15) is 30.2 Å². The first-order valence-electron chi connectivity index (χ1n) is 11.6. The van der Waals surface area contributed by atoms with Gasteiger partial charge in [0.05, 0.1) is 0 Å². The summed E-state index contributed by atoms with van der Waals surface area (Å²) in [6, 6.07) is 5.52. The maximum atomic E-state index is 13.4. The van der Waals surface area contributed by atoms with Crippen molar-refractivity contribution in [1.82, 2.24) is 0 Å². The third-order valence-electron chi connectivity index (χ3n) is 8.53. The number of fused-ring (bicyclic) bond motifs is 5. The summed E-state index contributed by atoms with van der Waals surface area (Å²) < 4.78 is 11.1. The van der Waals surface area contributed by atoms with Crippen molar-refractivity contribution < 1.29 is 44.6 Å². The molecule has 0 aromatic heterocycles. The molecule has 5 N–H and O–H groups in total. The number of rotatable bonds is 3. The minimum absolute atomic E-state index is 0.0576. The number of Topliss-reactive ketones (excluding diaryl/α,β-unsaturated/α-hetero) is 1. The number of ketones is 1. The SMILES string of the molecule is C[C@]12CC[C@@H]3c4ccc(O)cc4CC[C@@H]3[C@@H]1C[C@H](O[C@H]1O[C@H](C(=O)O)[C@H](O)[C@@H](O)[C@H]1O)C2=O. The molecule has 1 aromatic carbocycles. The number of phenolic OH excluding ortho intramolecular Hbond substituents is 1. The number of hydrogen-bond acceptors (Lipinski definition) is 8. The molecule has 0 spiro atoms. The Kier molecular flexibility index (Phi) is 5.53. The predicted molar refractivity (Wildman–Crippen MR) is 112 cm³/mol. The Bertz CT molecular complexity index is 963. The number of aliphatic hydroxyl groups excluding tert-OH is 3. The molecule has 0 radical (unpaired) electrons. The van der Waals surface area contributed by atoms with E-state index in [4.69, 9.17) is 9.47 Å². The molecule has 4 aliphatic rings. The minimum Gasteiger partial charge on any atom is -0.508 e. The number of aryl methyl sites for hydroxylation is 1. The molecule has 1 aromatic rings. The number of carboxylic acids is 1. The van der Waals surface area contributed by atoms with Crippen molar-refractivity contribution in [3.05, 3.63) is 29.3 Å². The maximum absolute atomic E-state index is 13.4. The third-order valence-corrected chi connectivity index (χ3v) is 8.53. The predicted octanol–water partition coefficient (Wildman–Crippen LogP) is 0.705. The topological polar surface area (TPSA) is 154 Å². The van der Waals surface area contributed by atoms with Crippen LogP contribution in [-0.4, -0.2) is 74.1 Å². The largest absolute Gasteiger partial charge is 0.508 e. The second-order valence-electron chi connectivity index (χ2n) is 10.2. The Hall–Kier alpha value is -2.04. The standard InChI is InChI=1S/C24H30O9/c1-24-7-6-13-12-5-3-11(25)8-10(12)2-4-14(13)15(24)9-16(21(24)29)32-23-19(28)17(26)18(27)20(33-23)22(30)31/h3,5,8,13-20,23,25-28H,2,4,6-7,9H2,1H3,(H,30,31)/t13-,14+,15+,16+,17-,18-,19-,20+,23+,24+/m1/s1. The van der Waals surface area contributed by atoms with Crippen LogP contribution in [0.5, 0.6) is 5.75 Å². The van der Waals surface area contributed by atoms with Crippen molar-refractivity contribution in [3.8, 4) is 5.75 Å². The Morgan fingerprint density at radius 1 is 1.15 bits per heavy atom. The zero-order valence-corrected chi connectivity index (χ0v) is 18.3. The van der Waals surface area contributed by atoms with Gasteiger partial charge in [-0.1, -0.05) is 13.0 Å². The lowest BCUT2D eigenvalue weighted by molar-refractivity contribution is -0.301. The molecule has 0 unspecified atom stereocenters. The number of ether oxygens (including phenoxy) is 2. The monoisotopic (exact) mass is 462 g/mol. The molecule has 0 bridgehead atoms. The number of carboxylic acid groups (broad SMARTS) is 1. The first kappa shape index (κ1) is 22.7. The molecular weight excluding hydrogens is 432 g/mol. The molecule has 3 fully saturated rings. The molecule has 1 heterocycles. The molecule has 33 heavy (non-hydrogen) atoms. The van der Waals surface area contributed by atoms with Gasteiger partial charge >= 0.3 is 5.97 Å². The highest BCUT2D eigenvalue weighted by atomic mass is 16.7. The van der Waals surface area contributed by atoms with Gasteiger partial charge < -0.3 is 35.0 Å². The lowest BCUT2D eigenvalue weighted by atomic mass is 9.55. The van der Waals surface area contributed by atoms with E-state index in [2.05, 4.69) is 0 Å². The van der Waals surface area contributed by atoms with Gasteiger partial charge in [-0.15, -0.1) is 0 Å². The van der Waals surface area contributed by atoms with Crippen LogP contribution >= 0.6 is 0 Å². The van der Waals surface area contributed by atoms with Crippen molar-refractivity contribution in [3.63, 3.8) is 0 Å². The third kappa shape index (κ3) is 3.49. The summed E-state index contributed by atoms with van der Waals surface area (Å²) in [4.78, 5) is 24.8. The van der Waals surface area contributed by atoms with E-state index in [0.29, 0.717) is 18.8 Å². The van der Waals surface area contributed by atoms with Gasteiger partial charge in [-0.05, 0) is 73.1 Å². The molecule has 1 aliphatic heterocycles. The molecule has 1 saturated heterocycles. The average molecular weight is 462 g/mol. The number of hydrogen-bond donors (Lipinski definition) is 5. The highest BCUT2D eigenvalue weighted by Crippen LogP contribution is 2.60. The van der Waals surface area contributed by atoms with E-state index in [1.807, 2.05) is 19.1 Å². The van der Waals surface area contributed by atoms with Gasteiger partial charge in [-0.2, -0.15) is 0 Å². The second kappa shape index (κ2) is 8.02. The van der Waals surface area contributed by atoms with Gasteiger partial charge in [0, 0.05) is 5.41 Å². The Balaban J connectivity index is 1.36. The lowest BCUT2D eigenvalue weighted by Gasteiger charge is -2.48. The zero-order valence-electron chi connectivity index (χ0n) is 18.3. The molecule has 2 saturated carbocycles. The molecule has 5 rings (SSSR count). The van der Waals surface area contributed by atoms with Crippen LogP contribution in [0, 0.1) is 17.3 Å². The van der Waals surface area contributed by atoms with Crippen molar-refractivity contribution in [2.24, 2.45) is 17.3 Å². The summed E-state index contributed by atoms with van der Waals surface area (Å²) in [5, 5.41) is 49.4. The van der Waals surface area contributed by atoms with Crippen molar-refractivity contribution in [2.45, 2.75) is 81.8 Å². The summed E-state index contributed by atoms with van der Waals surface area (Å²) in [5.74, 6) is -0.697. The summed E-state index contributed by atoms with van der Waals surface area (Å²) in [6.45, 7) is 1.96. The summed E-state index contributed by atoms with van der Waals surface area (Å²) in [6.07, 6.45) is -5.76. The van der Waals surface area contributed by atoms with Crippen LogP contribution in [0.2, 0.25) is 0 Å². The molecule has 180 valence electrons. The maximum Gasteiger partial charge on any atom is 0.335 e. The van der Waals surface area contributed by atoms with Crippen molar-refractivity contribution in [2.75, 3.05) is 0 Å². The fraction of sp³-hybridized carbons (Fsp3) is 0.667. The summed E-state index contributed by atoms with van der Waals surface area (Å²) in [5.41, 5.74) is 1.79. The Morgan fingerprint density at radius 2 is 1.91 bits per heavy atom. The van der Waals surface area contributed by atoms with Crippen molar-refractivity contribution in [1.29, 1.82) is 0 Å². The zero-order chi connectivity index (χ0) is 23.7. The molecule has 10 atom stereocenters. The Morgan fingerprint density at radius 3 is 2.64 bits per heavy atom. The first-order chi connectivity index (χ1) is 15.6. The van der Waals surface area contributed by atoms with Gasteiger partial charge in [0.15, 0.2) is 18.2 Å². The van der Waals surface area contributed by atoms with E-state index in [1.165, 1.54) is 5.56 Å². The van der Waals surface area contributed by atoms with Gasteiger partial charge in [0.25, 0.3) is 0 Å². The molecule has 0 amide bonds. The number of carbonyl (C=O) groups excluding carboxylic acids is 1. The van der Waals surface area contributed by atoms with Crippen molar-refractivity contribution >= 4 is 11.8 Å². The minimum atomic E-state index is -1.81. The molecule has 9 heteroatoms. The summed E-state index contributed by atoms with van der Waals surface area (Å²) >= 11 is 0. The number of benzene rings is 1. The van der Waals surface area contributed by atoms with E-state index < -0.39 is 48.2 Å². The number of phenols is 1. The average Bonchev–Trinajstić information content (AvgIpc) is 3.03. The van der Waals surface area contributed by atoms with Gasteiger partial charge in [-0.3, -0.25) is 4.79 Å². The second-order valence-corrected chi connectivity index (χ2v) is 10.2. The molecule has 3 aliphatic carbocycles. The lowest BCUT2D eigenvalue weighted by Crippen LogP contribution is -2.61. The van der Waals surface area contributed by atoms with E-state index >= 15 is 0 Å². The van der Waals surface area contributed by atoms with Gasteiger partial charge in [0.2, 0.25) is 0 Å². The Labute approximate surface area is 190 Å². The van der Waals surface area contributed by atoms with Crippen LogP contribution < -0.4 is 0 Å². The number of aromatic hydroxyl groups is 1. The van der Waals surface area contributed by atoms with Crippen LogP contribution in [0.4, 0.5) is 0 Å². The van der Waals surface area contributed by atoms with Crippen LogP contribution in [0.15, 0.2) is 18.2 Å². The van der Waals surface area contributed by atoms with E-state index in [9.17, 15) is 35.1 Å². The normalized spacial score (nSPS) is 44.6. The highest BCUT2D eigenvalue weighted by molar-refractivity contribution is 5.91. The molecular formula is C24H30O9. The summed E-state index contributed by atoms with van der Waals surface area (Å²) in [7, 11) is 0. The smallest absolute Gasteiger partial charge is 0.335 e. The molecule has 9 nitrogen and oxygen atoms in total. The van der Waals surface area contributed by atoms with Crippen LogP contribution in [0.25, 0.3) is 0 Å². The van der Waals surface area contributed by atoms with Crippen LogP contribution in [0.3, 0.4) is 0 Å². The first-order valence-corrected chi connectivity index (χ1v) is 11.6. The van der Waals surface area contributed by atoms with Crippen LogP contribution in [-0.2, 0) is 25.5 Å². The number of carbonyl (C=O) groups is 2. The number of aliphatic hydroxyl groups is 3.